The molecule has 0 unspecified atom stereocenters. The van der Waals surface area contributed by atoms with Gasteiger partial charge in [-0.15, -0.1) is 0 Å². The Morgan fingerprint density at radius 1 is 1.41 bits per heavy atom. The van der Waals surface area contributed by atoms with E-state index in [2.05, 4.69) is 5.32 Å². The highest BCUT2D eigenvalue weighted by molar-refractivity contribution is 7.80. The Bertz CT molecular complexity index is 475. The van der Waals surface area contributed by atoms with Gasteiger partial charge in [0.1, 0.15) is 6.04 Å². The van der Waals surface area contributed by atoms with Crippen LogP contribution in [-0.2, 0) is 9.59 Å². The number of primary amides is 1. The third-order valence-electron chi connectivity index (χ3n) is 2.44. The average molecular weight is 249 g/mol. The first kappa shape index (κ1) is 11.5. The number of nitrogens with zero attached hydrogens (tertiary/aromatic N) is 1. The quantitative estimate of drug-likeness (QED) is 0.748. The molecule has 0 bridgehead atoms. The van der Waals surface area contributed by atoms with E-state index in [1.54, 1.807) is 12.1 Å². The second kappa shape index (κ2) is 4.50. The van der Waals surface area contributed by atoms with E-state index in [1.807, 2.05) is 18.2 Å². The van der Waals surface area contributed by atoms with Gasteiger partial charge in [-0.3, -0.25) is 14.5 Å². The van der Waals surface area contributed by atoms with Gasteiger partial charge >= 0.3 is 0 Å². The molecule has 6 heteroatoms. The molecule has 88 valence electrons. The zero-order chi connectivity index (χ0) is 12.4. The Morgan fingerprint density at radius 2 is 2.06 bits per heavy atom. The van der Waals surface area contributed by atoms with Crippen molar-refractivity contribution in [3.8, 4) is 0 Å². The monoisotopic (exact) mass is 249 g/mol. The van der Waals surface area contributed by atoms with Crippen LogP contribution in [0.4, 0.5) is 5.69 Å². The summed E-state index contributed by atoms with van der Waals surface area (Å²) in [6.07, 6.45) is -0.0533. The number of carbonyl (C=O) groups is 2. The summed E-state index contributed by atoms with van der Waals surface area (Å²) in [7, 11) is 0. The second-order valence-electron chi connectivity index (χ2n) is 3.68. The predicted molar refractivity (Wildman–Crippen MR) is 67.3 cm³/mol. The summed E-state index contributed by atoms with van der Waals surface area (Å²) in [5.74, 6) is -0.784. The lowest BCUT2D eigenvalue weighted by Crippen LogP contribution is -2.34. The van der Waals surface area contributed by atoms with E-state index in [1.165, 1.54) is 4.90 Å². The zero-order valence-corrected chi connectivity index (χ0v) is 9.74. The molecule has 1 heterocycles. The molecule has 1 aliphatic rings. The molecule has 0 aromatic heterocycles. The van der Waals surface area contributed by atoms with E-state index in [0.29, 0.717) is 10.8 Å². The third kappa shape index (κ3) is 2.26. The molecule has 1 aromatic carbocycles. The fourth-order valence-electron chi connectivity index (χ4n) is 1.69. The molecule has 0 radical (unpaired) electrons. The minimum atomic E-state index is -0.653. The van der Waals surface area contributed by atoms with Gasteiger partial charge in [0.25, 0.3) is 5.91 Å². The van der Waals surface area contributed by atoms with Crippen molar-refractivity contribution in [2.45, 2.75) is 12.5 Å². The van der Waals surface area contributed by atoms with Crippen molar-refractivity contribution in [1.82, 2.24) is 5.32 Å². The Labute approximate surface area is 104 Å². The summed E-state index contributed by atoms with van der Waals surface area (Å²) in [4.78, 5) is 24.2. The number of benzene rings is 1. The summed E-state index contributed by atoms with van der Waals surface area (Å²) in [5.41, 5.74) is 5.75. The van der Waals surface area contributed by atoms with Crippen molar-refractivity contribution >= 4 is 34.8 Å². The number of carbonyl (C=O) groups excluding carboxylic acids is 2. The van der Waals surface area contributed by atoms with Crippen molar-refractivity contribution in [1.29, 1.82) is 0 Å². The number of nitrogens with two attached hydrogens (primary N) is 1. The maximum absolute atomic E-state index is 12.0. The van der Waals surface area contributed by atoms with E-state index >= 15 is 0 Å². The minimum Gasteiger partial charge on any atom is -0.370 e. The molecule has 0 spiro atoms. The first-order chi connectivity index (χ1) is 8.09. The fourth-order valence-corrected chi connectivity index (χ4v) is 2.03. The van der Waals surface area contributed by atoms with Gasteiger partial charge < -0.3 is 11.1 Å². The Balaban J connectivity index is 2.23. The number of rotatable bonds is 3. The summed E-state index contributed by atoms with van der Waals surface area (Å²) < 4.78 is 0. The lowest BCUT2D eigenvalue weighted by atomic mass is 10.2. The summed E-state index contributed by atoms with van der Waals surface area (Å²) >= 11 is 5.07. The van der Waals surface area contributed by atoms with Crippen molar-refractivity contribution in [2.75, 3.05) is 4.90 Å². The standard InChI is InChI=1S/C11H11N3O2S/c12-9(15)6-8-10(16)14(11(17)13-8)7-4-2-1-3-5-7/h1-5,8H,6H2,(H2,12,15)(H,13,17)/t8-/m0/s1. The van der Waals surface area contributed by atoms with Gasteiger partial charge in [-0.1, -0.05) is 18.2 Å². The molecule has 1 fully saturated rings. The van der Waals surface area contributed by atoms with Crippen LogP contribution in [0.3, 0.4) is 0 Å². The van der Waals surface area contributed by atoms with Crippen LogP contribution in [0.25, 0.3) is 0 Å². The number of para-hydroxylation sites is 1. The molecule has 1 saturated heterocycles. The van der Waals surface area contributed by atoms with Crippen LogP contribution in [0.2, 0.25) is 0 Å². The average Bonchev–Trinajstić information content (AvgIpc) is 2.54. The lowest BCUT2D eigenvalue weighted by molar-refractivity contribution is -0.123. The summed E-state index contributed by atoms with van der Waals surface area (Å²) in [5, 5.41) is 3.09. The first-order valence-corrected chi connectivity index (χ1v) is 5.48. The maximum Gasteiger partial charge on any atom is 0.256 e. The topological polar surface area (TPSA) is 75.4 Å². The van der Waals surface area contributed by atoms with Crippen LogP contribution in [0.1, 0.15) is 6.42 Å². The largest absolute Gasteiger partial charge is 0.370 e. The van der Waals surface area contributed by atoms with E-state index in [-0.39, 0.29) is 12.3 Å². The molecule has 2 amide bonds. The zero-order valence-electron chi connectivity index (χ0n) is 8.92. The lowest BCUT2D eigenvalue weighted by Gasteiger charge is -2.14. The number of hydrogen-bond acceptors (Lipinski definition) is 3. The Kier molecular flexibility index (Phi) is 3.06. The Morgan fingerprint density at radius 3 is 2.65 bits per heavy atom. The van der Waals surface area contributed by atoms with Gasteiger partial charge in [0.15, 0.2) is 5.11 Å². The molecule has 17 heavy (non-hydrogen) atoms. The second-order valence-corrected chi connectivity index (χ2v) is 4.07. The van der Waals surface area contributed by atoms with Crippen molar-refractivity contribution in [3.63, 3.8) is 0 Å². The van der Waals surface area contributed by atoms with Crippen LogP contribution in [0, 0.1) is 0 Å². The number of anilines is 1. The molecular formula is C11H11N3O2S. The predicted octanol–water partition coefficient (Wildman–Crippen LogP) is 0.152. The van der Waals surface area contributed by atoms with Gasteiger partial charge in [-0.2, -0.15) is 0 Å². The van der Waals surface area contributed by atoms with E-state index in [0.717, 1.165) is 0 Å². The molecule has 1 atom stereocenters. The third-order valence-corrected chi connectivity index (χ3v) is 2.74. The number of nitrogens with one attached hydrogen (secondary N) is 1. The van der Waals surface area contributed by atoms with E-state index in [4.69, 9.17) is 18.0 Å². The smallest absolute Gasteiger partial charge is 0.256 e. The van der Waals surface area contributed by atoms with E-state index < -0.39 is 11.9 Å². The molecule has 5 nitrogen and oxygen atoms in total. The highest BCUT2D eigenvalue weighted by Gasteiger charge is 2.36. The molecule has 1 aromatic rings. The Hall–Kier alpha value is -1.95. The van der Waals surface area contributed by atoms with Crippen LogP contribution in [0.15, 0.2) is 30.3 Å². The molecule has 3 N–H and O–H groups in total. The number of hydrogen-bond donors (Lipinski definition) is 2. The SMILES string of the molecule is NC(=O)C[C@@H]1NC(=S)N(c2ccccc2)C1=O. The molecule has 0 saturated carbocycles. The van der Waals surface area contributed by atoms with Gasteiger partial charge in [0, 0.05) is 0 Å². The molecular weight excluding hydrogens is 238 g/mol. The summed E-state index contributed by atoms with van der Waals surface area (Å²) in [6, 6.07) is 8.37. The minimum absolute atomic E-state index is 0.0533. The van der Waals surface area contributed by atoms with Crippen LogP contribution < -0.4 is 16.0 Å². The summed E-state index contributed by atoms with van der Waals surface area (Å²) in [6.45, 7) is 0. The van der Waals surface area contributed by atoms with Crippen LogP contribution in [-0.4, -0.2) is 23.0 Å². The van der Waals surface area contributed by atoms with Crippen molar-refractivity contribution < 1.29 is 9.59 Å². The van der Waals surface area contributed by atoms with Crippen LogP contribution >= 0.6 is 12.2 Å². The molecule has 0 aliphatic carbocycles. The number of amides is 2. The van der Waals surface area contributed by atoms with Gasteiger partial charge in [-0.25, -0.2) is 0 Å². The molecule has 1 aliphatic heterocycles. The van der Waals surface area contributed by atoms with Crippen molar-refractivity contribution in [3.05, 3.63) is 30.3 Å². The van der Waals surface area contributed by atoms with E-state index in [9.17, 15) is 9.59 Å². The van der Waals surface area contributed by atoms with Crippen LogP contribution in [0.5, 0.6) is 0 Å². The first-order valence-electron chi connectivity index (χ1n) is 5.07. The van der Waals surface area contributed by atoms with Gasteiger partial charge in [-0.05, 0) is 24.4 Å². The fraction of sp³-hybridized carbons (Fsp3) is 0.182. The highest BCUT2D eigenvalue weighted by Crippen LogP contribution is 2.19. The van der Waals surface area contributed by atoms with Gasteiger partial charge in [0.05, 0.1) is 12.1 Å². The highest BCUT2D eigenvalue weighted by atomic mass is 32.1. The number of thiocarbonyl (C=S) groups is 1. The normalized spacial score (nSPS) is 19.3. The molecule has 2 rings (SSSR count). The van der Waals surface area contributed by atoms with Gasteiger partial charge in [0.2, 0.25) is 5.91 Å². The maximum atomic E-state index is 12.0. The van der Waals surface area contributed by atoms with Crippen molar-refractivity contribution in [2.24, 2.45) is 5.73 Å².